The molecule has 17 heavy (non-hydrogen) atoms. The van der Waals surface area contributed by atoms with Crippen LogP contribution in [0.15, 0.2) is 0 Å². The first-order valence-corrected chi connectivity index (χ1v) is 6.10. The molecule has 0 bridgehead atoms. The van der Waals surface area contributed by atoms with E-state index in [1.54, 1.807) is 6.92 Å². The fraction of sp³-hybridized carbons (Fsp3) is 0.667. The van der Waals surface area contributed by atoms with Gasteiger partial charge in [0.05, 0.1) is 6.10 Å². The molecule has 1 aliphatic carbocycles. The fourth-order valence-corrected chi connectivity index (χ4v) is 1.72. The third-order valence-electron chi connectivity index (χ3n) is 2.91. The molecule has 3 N–H and O–H groups in total. The van der Waals surface area contributed by atoms with Crippen LogP contribution in [0.1, 0.15) is 37.1 Å². The van der Waals surface area contributed by atoms with Crippen LogP contribution in [0.25, 0.3) is 0 Å². The van der Waals surface area contributed by atoms with Gasteiger partial charge in [0.1, 0.15) is 17.5 Å². The first kappa shape index (κ1) is 12.1. The zero-order valence-electron chi connectivity index (χ0n) is 10.6. The van der Waals surface area contributed by atoms with Crippen molar-refractivity contribution in [1.29, 1.82) is 0 Å². The maximum Gasteiger partial charge on any atom is 0.136 e. The molecule has 0 saturated heterocycles. The van der Waals surface area contributed by atoms with Crippen molar-refractivity contribution in [2.24, 2.45) is 0 Å². The quantitative estimate of drug-likeness (QED) is 0.722. The average Bonchev–Trinajstić information content (AvgIpc) is 3.11. The number of hydrogen-bond donors (Lipinski definition) is 3. The second-order valence-corrected chi connectivity index (χ2v) is 4.66. The van der Waals surface area contributed by atoms with Crippen LogP contribution in [0.5, 0.6) is 0 Å². The minimum atomic E-state index is -0.383. The molecule has 5 nitrogen and oxygen atoms in total. The van der Waals surface area contributed by atoms with Crippen LogP contribution >= 0.6 is 0 Å². The van der Waals surface area contributed by atoms with Crippen LogP contribution in [0.4, 0.5) is 11.6 Å². The lowest BCUT2D eigenvalue weighted by Crippen LogP contribution is -2.18. The average molecular weight is 236 g/mol. The van der Waals surface area contributed by atoms with Crippen LogP contribution in [0.3, 0.4) is 0 Å². The van der Waals surface area contributed by atoms with Gasteiger partial charge in [-0.3, -0.25) is 0 Å². The monoisotopic (exact) mass is 236 g/mol. The summed E-state index contributed by atoms with van der Waals surface area (Å²) in [5.41, 5.74) is 0.998. The van der Waals surface area contributed by atoms with Gasteiger partial charge < -0.3 is 15.7 Å². The molecule has 0 aliphatic heterocycles. The largest absolute Gasteiger partial charge is 0.392 e. The van der Waals surface area contributed by atoms with E-state index in [2.05, 4.69) is 20.6 Å². The first-order chi connectivity index (χ1) is 8.11. The van der Waals surface area contributed by atoms with Crippen LogP contribution in [0.2, 0.25) is 0 Å². The van der Waals surface area contributed by atoms with Crippen LogP contribution in [0, 0.1) is 6.92 Å². The van der Waals surface area contributed by atoms with Gasteiger partial charge in [-0.1, -0.05) is 0 Å². The number of aliphatic hydroxyl groups is 1. The zero-order valence-corrected chi connectivity index (χ0v) is 10.6. The van der Waals surface area contributed by atoms with Crippen LogP contribution < -0.4 is 10.6 Å². The van der Waals surface area contributed by atoms with E-state index in [1.807, 2.05) is 14.0 Å². The Morgan fingerprint density at radius 2 is 2.00 bits per heavy atom. The number of hydrogen-bond acceptors (Lipinski definition) is 5. The van der Waals surface area contributed by atoms with Crippen molar-refractivity contribution in [3.05, 3.63) is 11.4 Å². The van der Waals surface area contributed by atoms with Gasteiger partial charge in [-0.25, -0.2) is 9.97 Å². The lowest BCUT2D eigenvalue weighted by Gasteiger charge is -2.14. The predicted molar refractivity (Wildman–Crippen MR) is 68.5 cm³/mol. The van der Waals surface area contributed by atoms with Gasteiger partial charge in [0, 0.05) is 25.1 Å². The molecular weight excluding hydrogens is 216 g/mol. The summed E-state index contributed by atoms with van der Waals surface area (Å²) < 4.78 is 0. The first-order valence-electron chi connectivity index (χ1n) is 6.10. The second-order valence-electron chi connectivity index (χ2n) is 4.66. The SMILES string of the molecule is CNc1nc(C2CC2)nc(NCC(C)O)c1C. The van der Waals surface area contributed by atoms with Crippen molar-refractivity contribution in [2.45, 2.75) is 38.7 Å². The van der Waals surface area contributed by atoms with Crippen LogP contribution in [-0.2, 0) is 0 Å². The van der Waals surface area contributed by atoms with E-state index in [0.717, 1.165) is 23.0 Å². The van der Waals surface area contributed by atoms with Crippen LogP contribution in [-0.4, -0.2) is 34.8 Å². The van der Waals surface area contributed by atoms with E-state index in [4.69, 9.17) is 0 Å². The number of anilines is 2. The number of aliphatic hydroxyl groups excluding tert-OH is 1. The highest BCUT2D eigenvalue weighted by Crippen LogP contribution is 2.39. The molecule has 0 amide bonds. The van der Waals surface area contributed by atoms with E-state index in [0.29, 0.717) is 12.5 Å². The van der Waals surface area contributed by atoms with E-state index >= 15 is 0 Å². The van der Waals surface area contributed by atoms with E-state index in [1.165, 1.54) is 12.8 Å². The normalized spacial score (nSPS) is 16.7. The highest BCUT2D eigenvalue weighted by Gasteiger charge is 2.28. The lowest BCUT2D eigenvalue weighted by atomic mass is 10.2. The predicted octanol–water partition coefficient (Wildman–Crippen LogP) is 1.50. The molecule has 1 heterocycles. The molecule has 1 fully saturated rings. The summed E-state index contributed by atoms with van der Waals surface area (Å²) >= 11 is 0. The minimum absolute atomic E-state index is 0.383. The smallest absolute Gasteiger partial charge is 0.136 e. The Kier molecular flexibility index (Phi) is 3.47. The molecule has 94 valence electrons. The summed E-state index contributed by atoms with van der Waals surface area (Å²) in [4.78, 5) is 9.06. The Labute approximate surface area is 102 Å². The number of nitrogens with one attached hydrogen (secondary N) is 2. The van der Waals surface area contributed by atoms with Gasteiger partial charge in [-0.05, 0) is 26.7 Å². The fourth-order valence-electron chi connectivity index (χ4n) is 1.72. The van der Waals surface area contributed by atoms with Gasteiger partial charge >= 0.3 is 0 Å². The number of rotatable bonds is 5. The second kappa shape index (κ2) is 4.87. The Hall–Kier alpha value is -1.36. The van der Waals surface area contributed by atoms with E-state index in [9.17, 15) is 5.11 Å². The summed E-state index contributed by atoms with van der Waals surface area (Å²) in [7, 11) is 1.87. The summed E-state index contributed by atoms with van der Waals surface area (Å²) in [6.07, 6.45) is 1.98. The Morgan fingerprint density at radius 1 is 1.35 bits per heavy atom. The standard InChI is InChI=1S/C12H20N4O/c1-7(17)6-14-11-8(2)10(13-3)15-12(16-11)9-4-5-9/h7,9,17H,4-6H2,1-3H3,(H2,13,14,15,16). The van der Waals surface area contributed by atoms with Gasteiger partial charge in [-0.15, -0.1) is 0 Å². The third kappa shape index (κ3) is 2.85. The molecule has 0 spiro atoms. The van der Waals surface area contributed by atoms with Crippen molar-refractivity contribution in [2.75, 3.05) is 24.2 Å². The molecule has 1 unspecified atom stereocenters. The van der Waals surface area contributed by atoms with Gasteiger partial charge in [0.15, 0.2) is 0 Å². The highest BCUT2D eigenvalue weighted by molar-refractivity contribution is 5.57. The molecule has 1 saturated carbocycles. The van der Waals surface area contributed by atoms with Crippen molar-refractivity contribution >= 4 is 11.6 Å². The Bertz CT molecular complexity index is 402. The van der Waals surface area contributed by atoms with Crippen molar-refractivity contribution in [3.8, 4) is 0 Å². The summed E-state index contributed by atoms with van der Waals surface area (Å²) in [6, 6.07) is 0. The minimum Gasteiger partial charge on any atom is -0.392 e. The molecule has 2 rings (SSSR count). The van der Waals surface area contributed by atoms with E-state index < -0.39 is 0 Å². The molecule has 1 aliphatic rings. The Balaban J connectivity index is 2.24. The summed E-state index contributed by atoms with van der Waals surface area (Å²) in [5, 5.41) is 15.6. The molecule has 1 atom stereocenters. The maximum absolute atomic E-state index is 9.30. The Morgan fingerprint density at radius 3 is 2.53 bits per heavy atom. The lowest BCUT2D eigenvalue weighted by molar-refractivity contribution is 0.208. The number of aromatic nitrogens is 2. The zero-order chi connectivity index (χ0) is 12.4. The van der Waals surface area contributed by atoms with Crippen molar-refractivity contribution < 1.29 is 5.11 Å². The van der Waals surface area contributed by atoms with Gasteiger partial charge in [-0.2, -0.15) is 0 Å². The molecule has 1 aromatic rings. The molecular formula is C12H20N4O. The summed E-state index contributed by atoms with van der Waals surface area (Å²) in [6.45, 7) is 4.24. The van der Waals surface area contributed by atoms with Crippen molar-refractivity contribution in [3.63, 3.8) is 0 Å². The highest BCUT2D eigenvalue weighted by atomic mass is 16.3. The topological polar surface area (TPSA) is 70.1 Å². The van der Waals surface area contributed by atoms with Gasteiger partial charge in [0.25, 0.3) is 0 Å². The maximum atomic E-state index is 9.30. The molecule has 5 heteroatoms. The molecule has 0 radical (unpaired) electrons. The summed E-state index contributed by atoms with van der Waals surface area (Å²) in [5.74, 6) is 3.13. The third-order valence-corrected chi connectivity index (χ3v) is 2.91. The van der Waals surface area contributed by atoms with Crippen molar-refractivity contribution in [1.82, 2.24) is 9.97 Å². The van der Waals surface area contributed by atoms with Gasteiger partial charge in [0.2, 0.25) is 0 Å². The number of nitrogens with zero attached hydrogens (tertiary/aromatic N) is 2. The van der Waals surface area contributed by atoms with E-state index in [-0.39, 0.29) is 6.10 Å². The molecule has 0 aromatic carbocycles. The molecule has 1 aromatic heterocycles.